The van der Waals surface area contributed by atoms with Gasteiger partial charge < -0.3 is 20.8 Å². The van der Waals surface area contributed by atoms with Gasteiger partial charge >= 0.3 is 0 Å². The quantitative estimate of drug-likeness (QED) is 0.718. The number of anilines is 2. The molecule has 0 fully saturated rings. The van der Waals surface area contributed by atoms with Crippen molar-refractivity contribution in [2.24, 2.45) is 0 Å². The molecule has 0 aliphatic carbocycles. The molecule has 5 heteroatoms. The van der Waals surface area contributed by atoms with E-state index in [9.17, 15) is 15.0 Å². The molecule has 0 atom stereocenters. The van der Waals surface area contributed by atoms with Crippen molar-refractivity contribution in [3.05, 3.63) is 48.0 Å². The molecule has 5 nitrogen and oxygen atoms in total. The van der Waals surface area contributed by atoms with E-state index in [4.69, 9.17) is 5.73 Å². The Morgan fingerprint density at radius 1 is 1.05 bits per heavy atom. The Balaban J connectivity index is 2.36. The lowest BCUT2D eigenvalue weighted by molar-refractivity contribution is 0.0987. The largest absolute Gasteiger partial charge is 0.507 e. The number of nitrogen functional groups attached to an aromatic ring is 1. The second-order valence-electron chi connectivity index (χ2n) is 4.13. The number of phenols is 2. The lowest BCUT2D eigenvalue weighted by atomic mass is 10.1. The molecule has 98 valence electrons. The van der Waals surface area contributed by atoms with E-state index >= 15 is 0 Å². The number of carbonyl (C=O) groups excluding carboxylic acids is 1. The predicted molar refractivity (Wildman–Crippen MR) is 73.4 cm³/mol. The molecule has 0 aromatic heterocycles. The maximum Gasteiger partial charge on any atom is 0.265 e. The van der Waals surface area contributed by atoms with Gasteiger partial charge in [0.05, 0.1) is 0 Å². The SMILES string of the molecule is CN(C(=O)c1c(O)cccc1O)c1ccc(N)cc1. The topological polar surface area (TPSA) is 86.8 Å². The summed E-state index contributed by atoms with van der Waals surface area (Å²) in [5, 5.41) is 19.3. The molecule has 0 saturated carbocycles. The van der Waals surface area contributed by atoms with Crippen molar-refractivity contribution in [1.82, 2.24) is 0 Å². The average molecular weight is 258 g/mol. The second-order valence-corrected chi connectivity index (χ2v) is 4.13. The van der Waals surface area contributed by atoms with Crippen LogP contribution in [0.5, 0.6) is 11.5 Å². The van der Waals surface area contributed by atoms with Gasteiger partial charge in [0.1, 0.15) is 17.1 Å². The first kappa shape index (κ1) is 12.8. The van der Waals surface area contributed by atoms with Crippen LogP contribution in [-0.2, 0) is 0 Å². The van der Waals surface area contributed by atoms with E-state index in [-0.39, 0.29) is 17.1 Å². The summed E-state index contributed by atoms with van der Waals surface area (Å²) in [5.74, 6) is -1.01. The zero-order chi connectivity index (χ0) is 14.0. The first-order chi connectivity index (χ1) is 9.00. The number of phenolic OH excluding ortho intramolecular Hbond substituents is 2. The molecule has 0 radical (unpaired) electrons. The Morgan fingerprint density at radius 3 is 2.11 bits per heavy atom. The van der Waals surface area contributed by atoms with Gasteiger partial charge in [0.25, 0.3) is 5.91 Å². The number of nitrogens with zero attached hydrogens (tertiary/aromatic N) is 1. The van der Waals surface area contributed by atoms with E-state index in [1.54, 1.807) is 31.3 Å². The van der Waals surface area contributed by atoms with Crippen molar-refractivity contribution >= 4 is 17.3 Å². The molecule has 0 heterocycles. The molecule has 0 spiro atoms. The van der Waals surface area contributed by atoms with Crippen LogP contribution in [-0.4, -0.2) is 23.2 Å². The fourth-order valence-corrected chi connectivity index (χ4v) is 1.73. The molecule has 0 bridgehead atoms. The summed E-state index contributed by atoms with van der Waals surface area (Å²) in [5.41, 5.74) is 6.66. The van der Waals surface area contributed by atoms with Crippen LogP contribution >= 0.6 is 0 Å². The second kappa shape index (κ2) is 4.89. The molecule has 4 N–H and O–H groups in total. The summed E-state index contributed by atoms with van der Waals surface area (Å²) in [4.78, 5) is 13.6. The summed E-state index contributed by atoms with van der Waals surface area (Å²) >= 11 is 0. The highest BCUT2D eigenvalue weighted by Crippen LogP contribution is 2.29. The van der Waals surface area contributed by atoms with Crippen molar-refractivity contribution in [2.75, 3.05) is 17.7 Å². The van der Waals surface area contributed by atoms with Crippen molar-refractivity contribution in [3.63, 3.8) is 0 Å². The van der Waals surface area contributed by atoms with Crippen LogP contribution in [0.15, 0.2) is 42.5 Å². The van der Waals surface area contributed by atoms with Crippen LogP contribution in [0.4, 0.5) is 11.4 Å². The van der Waals surface area contributed by atoms with E-state index in [2.05, 4.69) is 0 Å². The molecule has 2 aromatic rings. The highest BCUT2D eigenvalue weighted by atomic mass is 16.3. The first-order valence-corrected chi connectivity index (χ1v) is 5.65. The van der Waals surface area contributed by atoms with Gasteiger partial charge in [-0.15, -0.1) is 0 Å². The molecule has 0 aliphatic rings. The fraction of sp³-hybridized carbons (Fsp3) is 0.0714. The monoisotopic (exact) mass is 258 g/mol. The summed E-state index contributed by atoms with van der Waals surface area (Å²) in [6.07, 6.45) is 0. The predicted octanol–water partition coefficient (Wildman–Crippen LogP) is 1.96. The molecular weight excluding hydrogens is 244 g/mol. The number of hydrogen-bond acceptors (Lipinski definition) is 4. The third-order valence-electron chi connectivity index (χ3n) is 2.82. The smallest absolute Gasteiger partial charge is 0.265 e. The summed E-state index contributed by atoms with van der Waals surface area (Å²) in [7, 11) is 1.56. The maximum absolute atomic E-state index is 12.2. The summed E-state index contributed by atoms with van der Waals surface area (Å²) < 4.78 is 0. The normalized spacial score (nSPS) is 10.2. The lowest BCUT2D eigenvalue weighted by Gasteiger charge is -2.18. The summed E-state index contributed by atoms with van der Waals surface area (Å²) in [6, 6.07) is 10.9. The van der Waals surface area contributed by atoms with Crippen molar-refractivity contribution in [1.29, 1.82) is 0 Å². The highest BCUT2D eigenvalue weighted by Gasteiger charge is 2.20. The van der Waals surface area contributed by atoms with E-state index < -0.39 is 5.91 Å². The van der Waals surface area contributed by atoms with Crippen molar-refractivity contribution < 1.29 is 15.0 Å². The molecule has 0 aliphatic heterocycles. The molecular formula is C14H14N2O3. The number of benzene rings is 2. The summed E-state index contributed by atoms with van der Waals surface area (Å²) in [6.45, 7) is 0. The number of rotatable bonds is 2. The molecule has 0 unspecified atom stereocenters. The number of amides is 1. The van der Waals surface area contributed by atoms with Crippen LogP contribution in [0.2, 0.25) is 0 Å². The highest BCUT2D eigenvalue weighted by molar-refractivity contribution is 6.09. The molecule has 2 rings (SSSR count). The minimum atomic E-state index is -0.500. The number of nitrogens with two attached hydrogens (primary N) is 1. The molecule has 1 amide bonds. The van der Waals surface area contributed by atoms with Gasteiger partial charge in [-0.05, 0) is 36.4 Å². The van der Waals surface area contributed by atoms with Gasteiger partial charge in [0, 0.05) is 18.4 Å². The van der Waals surface area contributed by atoms with Crippen LogP contribution < -0.4 is 10.6 Å². The van der Waals surface area contributed by atoms with Crippen molar-refractivity contribution in [3.8, 4) is 11.5 Å². The van der Waals surface area contributed by atoms with Crippen LogP contribution in [0.3, 0.4) is 0 Å². The zero-order valence-corrected chi connectivity index (χ0v) is 10.4. The third kappa shape index (κ3) is 2.44. The fourth-order valence-electron chi connectivity index (χ4n) is 1.73. The minimum Gasteiger partial charge on any atom is -0.507 e. The first-order valence-electron chi connectivity index (χ1n) is 5.65. The Morgan fingerprint density at radius 2 is 1.58 bits per heavy atom. The molecule has 0 saturated heterocycles. The Kier molecular flexibility index (Phi) is 3.29. The van der Waals surface area contributed by atoms with Crippen molar-refractivity contribution in [2.45, 2.75) is 0 Å². The minimum absolute atomic E-state index is 0.123. The van der Waals surface area contributed by atoms with Gasteiger partial charge in [0.2, 0.25) is 0 Å². The van der Waals surface area contributed by atoms with Crippen LogP contribution in [0.25, 0.3) is 0 Å². The standard InChI is InChI=1S/C14H14N2O3/c1-16(10-7-5-9(15)6-8-10)14(19)13-11(17)3-2-4-12(13)18/h2-8,17-18H,15H2,1H3. The van der Waals surface area contributed by atoms with Gasteiger partial charge in [0.15, 0.2) is 0 Å². The van der Waals surface area contributed by atoms with Gasteiger partial charge in [-0.25, -0.2) is 0 Å². The van der Waals surface area contributed by atoms with E-state index in [1.807, 2.05) is 0 Å². The van der Waals surface area contributed by atoms with Crippen LogP contribution in [0.1, 0.15) is 10.4 Å². The number of carbonyl (C=O) groups is 1. The zero-order valence-electron chi connectivity index (χ0n) is 10.4. The van der Waals surface area contributed by atoms with E-state index in [0.29, 0.717) is 11.4 Å². The van der Waals surface area contributed by atoms with E-state index in [1.165, 1.54) is 23.1 Å². The molecule has 19 heavy (non-hydrogen) atoms. The number of hydrogen-bond donors (Lipinski definition) is 3. The van der Waals surface area contributed by atoms with Gasteiger partial charge in [-0.3, -0.25) is 4.79 Å². The van der Waals surface area contributed by atoms with Gasteiger partial charge in [-0.2, -0.15) is 0 Å². The maximum atomic E-state index is 12.2. The van der Waals surface area contributed by atoms with Crippen LogP contribution in [0, 0.1) is 0 Å². The van der Waals surface area contributed by atoms with E-state index in [0.717, 1.165) is 0 Å². The number of aromatic hydroxyl groups is 2. The molecule has 2 aromatic carbocycles. The lowest BCUT2D eigenvalue weighted by Crippen LogP contribution is -2.26. The Bertz CT molecular complexity index is 588. The Hall–Kier alpha value is -2.69. The average Bonchev–Trinajstić information content (AvgIpc) is 2.38. The third-order valence-corrected chi connectivity index (χ3v) is 2.82. The Labute approximate surface area is 110 Å². The van der Waals surface area contributed by atoms with Gasteiger partial charge in [-0.1, -0.05) is 6.07 Å².